The van der Waals surface area contributed by atoms with Gasteiger partial charge in [0.25, 0.3) is 5.91 Å². The quantitative estimate of drug-likeness (QED) is 0.535. The van der Waals surface area contributed by atoms with Crippen molar-refractivity contribution in [3.8, 4) is 10.6 Å². The van der Waals surface area contributed by atoms with E-state index in [0.717, 1.165) is 35.6 Å². The number of para-hydroxylation sites is 1. The van der Waals surface area contributed by atoms with Crippen LogP contribution in [-0.2, 0) is 4.74 Å². The summed E-state index contributed by atoms with van der Waals surface area (Å²) in [5, 5.41) is 4.62. The molecule has 1 N–H and O–H groups in total. The maximum absolute atomic E-state index is 13.0. The number of aromatic nitrogens is 1. The van der Waals surface area contributed by atoms with Crippen molar-refractivity contribution in [3.05, 3.63) is 69.7 Å². The number of hydrogen-bond acceptors (Lipinski definition) is 6. The number of aryl methyl sites for hydroxylation is 1. The van der Waals surface area contributed by atoms with Crippen LogP contribution < -0.4 is 10.2 Å². The van der Waals surface area contributed by atoms with Gasteiger partial charge in [-0.05, 0) is 44.0 Å². The van der Waals surface area contributed by atoms with Crippen molar-refractivity contribution in [3.63, 3.8) is 0 Å². The fourth-order valence-electron chi connectivity index (χ4n) is 3.92. The third-order valence-corrected chi connectivity index (χ3v) is 6.96. The summed E-state index contributed by atoms with van der Waals surface area (Å²) in [6.45, 7) is 3.30. The largest absolute Gasteiger partial charge is 0.465 e. The molecule has 1 aliphatic rings. The maximum atomic E-state index is 13.0. The molecule has 166 valence electrons. The van der Waals surface area contributed by atoms with Crippen LogP contribution in [0.25, 0.3) is 10.6 Å². The van der Waals surface area contributed by atoms with E-state index in [9.17, 15) is 9.59 Å². The molecule has 1 fully saturated rings. The fourth-order valence-corrected chi connectivity index (χ4v) is 5.02. The average molecular weight is 470 g/mol. The highest BCUT2D eigenvalue weighted by molar-refractivity contribution is 7.17. The number of hydrogen-bond donors (Lipinski definition) is 1. The van der Waals surface area contributed by atoms with Crippen molar-refractivity contribution in [1.82, 2.24) is 10.3 Å². The van der Waals surface area contributed by atoms with E-state index in [1.165, 1.54) is 18.4 Å². The molecule has 1 aliphatic heterocycles. The Kier molecular flexibility index (Phi) is 6.77. The summed E-state index contributed by atoms with van der Waals surface area (Å²) >= 11 is 7.36. The Labute approximate surface area is 196 Å². The molecular weight excluding hydrogens is 446 g/mol. The third-order valence-electron chi connectivity index (χ3n) is 5.50. The van der Waals surface area contributed by atoms with Gasteiger partial charge >= 0.3 is 5.97 Å². The van der Waals surface area contributed by atoms with Gasteiger partial charge in [0.15, 0.2) is 0 Å². The molecule has 1 atom stereocenters. The topological polar surface area (TPSA) is 71.5 Å². The lowest BCUT2D eigenvalue weighted by atomic mass is 10.0. The molecule has 4 rings (SSSR count). The maximum Gasteiger partial charge on any atom is 0.339 e. The molecule has 0 spiro atoms. The van der Waals surface area contributed by atoms with Crippen molar-refractivity contribution in [2.45, 2.75) is 25.8 Å². The van der Waals surface area contributed by atoms with Gasteiger partial charge in [0.2, 0.25) is 0 Å². The molecule has 0 saturated carbocycles. The Morgan fingerprint density at radius 3 is 2.69 bits per heavy atom. The van der Waals surface area contributed by atoms with Gasteiger partial charge in [-0.1, -0.05) is 35.9 Å². The van der Waals surface area contributed by atoms with Crippen LogP contribution in [0.3, 0.4) is 0 Å². The number of amides is 1. The molecule has 0 radical (unpaired) electrons. The molecule has 0 aliphatic carbocycles. The smallest absolute Gasteiger partial charge is 0.339 e. The molecular formula is C24H24ClN3O3S. The molecule has 8 heteroatoms. The minimum Gasteiger partial charge on any atom is -0.465 e. The van der Waals surface area contributed by atoms with Crippen molar-refractivity contribution in [2.75, 3.05) is 25.1 Å². The molecule has 32 heavy (non-hydrogen) atoms. The Hall–Kier alpha value is -2.90. The van der Waals surface area contributed by atoms with E-state index in [2.05, 4.69) is 15.2 Å². The van der Waals surface area contributed by atoms with E-state index >= 15 is 0 Å². The van der Waals surface area contributed by atoms with Gasteiger partial charge in [0.05, 0.1) is 24.1 Å². The second-order valence-corrected chi connectivity index (χ2v) is 9.14. The second-order valence-electron chi connectivity index (χ2n) is 7.71. The highest BCUT2D eigenvalue weighted by Gasteiger charge is 2.26. The number of esters is 1. The molecule has 3 aromatic rings. The van der Waals surface area contributed by atoms with Gasteiger partial charge < -0.3 is 15.0 Å². The lowest BCUT2D eigenvalue weighted by molar-refractivity contribution is 0.0601. The molecule has 1 aromatic heterocycles. The summed E-state index contributed by atoms with van der Waals surface area (Å²) in [6.07, 6.45) is 1.79. The predicted octanol–water partition coefficient (Wildman–Crippen LogP) is 4.96. The number of nitrogens with zero attached hydrogens (tertiary/aromatic N) is 2. The molecule has 1 saturated heterocycles. The van der Waals surface area contributed by atoms with Crippen LogP contribution in [0.2, 0.25) is 5.02 Å². The van der Waals surface area contributed by atoms with Crippen LogP contribution >= 0.6 is 22.9 Å². The van der Waals surface area contributed by atoms with Crippen LogP contribution in [0.15, 0.2) is 48.5 Å². The molecule has 0 bridgehead atoms. The number of methoxy groups -OCH3 is 1. The number of thiazole rings is 1. The third kappa shape index (κ3) is 4.79. The Bertz CT molecular complexity index is 1130. The number of carbonyl (C=O) groups is 2. The minimum absolute atomic E-state index is 0.0255. The standard InChI is InChI=1S/C24H24ClN3O3S/c1-15-21(32-23(26-15)16-9-11-17(25)12-10-16)22(29)27-18-6-5-13-28(14-18)20-8-4-3-7-19(20)24(30)31-2/h3-4,7-12,18H,5-6,13-14H2,1-2H3,(H,27,29). The van der Waals surface area contributed by atoms with Gasteiger partial charge in [0, 0.05) is 29.7 Å². The van der Waals surface area contributed by atoms with Gasteiger partial charge in [-0.2, -0.15) is 0 Å². The fraction of sp³-hybridized carbons (Fsp3) is 0.292. The first-order valence-corrected chi connectivity index (χ1v) is 11.6. The van der Waals surface area contributed by atoms with Crippen molar-refractivity contribution in [2.24, 2.45) is 0 Å². The van der Waals surface area contributed by atoms with Crippen LogP contribution in [0.4, 0.5) is 5.69 Å². The number of benzene rings is 2. The first kappa shape index (κ1) is 22.3. The zero-order valence-electron chi connectivity index (χ0n) is 17.9. The summed E-state index contributed by atoms with van der Waals surface area (Å²) in [5.41, 5.74) is 3.01. The number of ether oxygens (including phenoxy) is 1. The van der Waals surface area contributed by atoms with Crippen LogP contribution in [0.5, 0.6) is 0 Å². The van der Waals surface area contributed by atoms with Crippen LogP contribution in [-0.4, -0.2) is 43.1 Å². The number of anilines is 1. The number of halogens is 1. The molecule has 1 unspecified atom stereocenters. The number of rotatable bonds is 5. The highest BCUT2D eigenvalue weighted by atomic mass is 35.5. The van der Waals surface area contributed by atoms with E-state index in [0.29, 0.717) is 27.7 Å². The predicted molar refractivity (Wildman–Crippen MR) is 128 cm³/mol. The first-order valence-electron chi connectivity index (χ1n) is 10.4. The second kappa shape index (κ2) is 9.71. The summed E-state index contributed by atoms with van der Waals surface area (Å²) in [7, 11) is 1.38. The van der Waals surface area contributed by atoms with E-state index < -0.39 is 0 Å². The average Bonchev–Trinajstić information content (AvgIpc) is 3.21. The van der Waals surface area contributed by atoms with Gasteiger partial charge in [-0.25, -0.2) is 9.78 Å². The molecule has 6 nitrogen and oxygen atoms in total. The summed E-state index contributed by atoms with van der Waals surface area (Å²) in [6, 6.07) is 14.8. The van der Waals surface area contributed by atoms with Gasteiger partial charge in [0.1, 0.15) is 9.88 Å². The monoisotopic (exact) mass is 469 g/mol. The Morgan fingerprint density at radius 1 is 1.19 bits per heavy atom. The van der Waals surface area contributed by atoms with Gasteiger partial charge in [-0.15, -0.1) is 11.3 Å². The number of piperidine rings is 1. The van der Waals surface area contributed by atoms with Crippen LogP contribution in [0.1, 0.15) is 38.6 Å². The molecule has 2 heterocycles. The SMILES string of the molecule is COC(=O)c1ccccc1N1CCCC(NC(=O)c2sc(-c3ccc(Cl)cc3)nc2C)C1. The lowest BCUT2D eigenvalue weighted by Crippen LogP contribution is -2.48. The van der Waals surface area contributed by atoms with Crippen molar-refractivity contribution in [1.29, 1.82) is 0 Å². The minimum atomic E-state index is -0.359. The van der Waals surface area contributed by atoms with Crippen molar-refractivity contribution >= 4 is 40.5 Å². The Morgan fingerprint density at radius 2 is 1.94 bits per heavy atom. The number of carbonyl (C=O) groups excluding carboxylic acids is 2. The number of nitrogens with one attached hydrogen (secondary N) is 1. The van der Waals surface area contributed by atoms with Crippen LogP contribution in [0, 0.1) is 6.92 Å². The van der Waals surface area contributed by atoms with Crippen molar-refractivity contribution < 1.29 is 14.3 Å². The van der Waals surface area contributed by atoms with Gasteiger partial charge in [-0.3, -0.25) is 4.79 Å². The summed E-state index contributed by atoms with van der Waals surface area (Å²) < 4.78 is 4.93. The molecule has 1 amide bonds. The summed E-state index contributed by atoms with van der Waals surface area (Å²) in [4.78, 5) is 32.5. The normalized spacial score (nSPS) is 16.0. The zero-order valence-corrected chi connectivity index (χ0v) is 19.5. The zero-order chi connectivity index (χ0) is 22.7. The first-order chi connectivity index (χ1) is 15.5. The lowest BCUT2D eigenvalue weighted by Gasteiger charge is -2.35. The Balaban J connectivity index is 1.48. The van der Waals surface area contributed by atoms with E-state index in [1.54, 1.807) is 6.07 Å². The summed E-state index contributed by atoms with van der Waals surface area (Å²) in [5.74, 6) is -0.477. The van der Waals surface area contributed by atoms with E-state index in [-0.39, 0.29) is 17.9 Å². The van der Waals surface area contributed by atoms with E-state index in [4.69, 9.17) is 16.3 Å². The highest BCUT2D eigenvalue weighted by Crippen LogP contribution is 2.29. The molecule has 2 aromatic carbocycles. The van der Waals surface area contributed by atoms with E-state index in [1.807, 2.05) is 49.4 Å².